The molecule has 0 spiro atoms. The number of aromatic nitrogens is 1. The van der Waals surface area contributed by atoms with Gasteiger partial charge in [-0.15, -0.1) is 11.3 Å². The van der Waals surface area contributed by atoms with Crippen molar-refractivity contribution in [3.8, 4) is 11.5 Å². The van der Waals surface area contributed by atoms with Gasteiger partial charge in [-0.3, -0.25) is 4.79 Å². The van der Waals surface area contributed by atoms with E-state index in [2.05, 4.69) is 17.2 Å². The highest BCUT2D eigenvalue weighted by Gasteiger charge is 2.18. The predicted molar refractivity (Wildman–Crippen MR) is 94.4 cm³/mol. The molecule has 0 fully saturated rings. The van der Waals surface area contributed by atoms with Gasteiger partial charge in [-0.2, -0.15) is 0 Å². The lowest BCUT2D eigenvalue weighted by molar-refractivity contribution is -0.117. The number of nitrogens with zero attached hydrogens (tertiary/aromatic N) is 1. The highest BCUT2D eigenvalue weighted by atomic mass is 32.1. The van der Waals surface area contributed by atoms with Gasteiger partial charge >= 0.3 is 0 Å². The Morgan fingerprint density at radius 2 is 2.33 bits per heavy atom. The number of carbonyl (C=O) groups is 1. The minimum Gasteiger partial charge on any atom is -0.493 e. The van der Waals surface area contributed by atoms with Crippen molar-refractivity contribution in [1.29, 1.82) is 0 Å². The number of benzene rings is 1. The van der Waals surface area contributed by atoms with Crippen LogP contribution in [0, 0.1) is 6.92 Å². The van der Waals surface area contributed by atoms with Gasteiger partial charge in [0.1, 0.15) is 23.1 Å². The molecule has 0 unspecified atom stereocenters. The van der Waals surface area contributed by atoms with Crippen molar-refractivity contribution in [2.45, 2.75) is 26.8 Å². The molecule has 1 amide bonds. The SMILES string of the molecule is CCCOc1ccc2c(c1)OCC(C(=O)NCc1nc(C)cs1)=C2. The van der Waals surface area contributed by atoms with Gasteiger partial charge in [0.25, 0.3) is 5.91 Å². The number of rotatable bonds is 6. The van der Waals surface area contributed by atoms with Crippen LogP contribution in [0.15, 0.2) is 29.2 Å². The fourth-order valence-corrected chi connectivity index (χ4v) is 3.05. The van der Waals surface area contributed by atoms with Gasteiger partial charge in [0.2, 0.25) is 0 Å². The number of carbonyl (C=O) groups excluding carboxylic acids is 1. The quantitative estimate of drug-likeness (QED) is 0.873. The molecule has 1 aliphatic rings. The van der Waals surface area contributed by atoms with E-state index in [-0.39, 0.29) is 12.5 Å². The van der Waals surface area contributed by atoms with Gasteiger partial charge in [0.15, 0.2) is 0 Å². The van der Waals surface area contributed by atoms with Crippen molar-refractivity contribution < 1.29 is 14.3 Å². The van der Waals surface area contributed by atoms with Crippen LogP contribution in [-0.2, 0) is 11.3 Å². The third-order valence-corrected chi connectivity index (χ3v) is 4.50. The first-order chi connectivity index (χ1) is 11.7. The second kappa shape index (κ2) is 7.49. The molecule has 1 aliphatic heterocycles. The monoisotopic (exact) mass is 344 g/mol. The first kappa shape index (κ1) is 16.5. The average molecular weight is 344 g/mol. The third-order valence-electron chi connectivity index (χ3n) is 3.53. The van der Waals surface area contributed by atoms with Crippen LogP contribution in [0.3, 0.4) is 0 Å². The first-order valence-corrected chi connectivity index (χ1v) is 8.83. The highest BCUT2D eigenvalue weighted by Crippen LogP contribution is 2.30. The van der Waals surface area contributed by atoms with Gasteiger partial charge in [0, 0.05) is 22.7 Å². The number of hydrogen-bond acceptors (Lipinski definition) is 5. The summed E-state index contributed by atoms with van der Waals surface area (Å²) in [6.07, 6.45) is 2.83. The van der Waals surface area contributed by atoms with E-state index in [1.54, 1.807) is 11.3 Å². The molecule has 1 N–H and O–H groups in total. The zero-order valence-electron chi connectivity index (χ0n) is 13.8. The number of amides is 1. The Kier molecular flexibility index (Phi) is 5.15. The van der Waals surface area contributed by atoms with Gasteiger partial charge in [-0.1, -0.05) is 6.92 Å². The second-order valence-corrected chi connectivity index (χ2v) is 6.51. The Morgan fingerprint density at radius 1 is 1.46 bits per heavy atom. The van der Waals surface area contributed by atoms with E-state index in [0.717, 1.165) is 34.2 Å². The van der Waals surface area contributed by atoms with Gasteiger partial charge in [-0.05, 0) is 31.6 Å². The first-order valence-electron chi connectivity index (χ1n) is 7.95. The van der Waals surface area contributed by atoms with Gasteiger partial charge in [-0.25, -0.2) is 4.98 Å². The molecular formula is C18H20N2O3S. The molecule has 0 bridgehead atoms. The Labute approximate surface area is 145 Å². The number of aryl methyl sites for hydroxylation is 1. The normalized spacial score (nSPS) is 12.8. The van der Waals surface area contributed by atoms with Crippen LogP contribution in [0.25, 0.3) is 6.08 Å². The van der Waals surface area contributed by atoms with E-state index in [9.17, 15) is 4.79 Å². The molecular weight excluding hydrogens is 324 g/mol. The Balaban J connectivity index is 1.65. The van der Waals surface area contributed by atoms with Crippen LogP contribution in [-0.4, -0.2) is 24.1 Å². The van der Waals surface area contributed by atoms with Crippen LogP contribution in [0.4, 0.5) is 0 Å². The molecule has 5 nitrogen and oxygen atoms in total. The smallest absolute Gasteiger partial charge is 0.251 e. The Bertz CT molecular complexity index is 767. The number of ether oxygens (including phenoxy) is 2. The van der Waals surface area contributed by atoms with Crippen molar-refractivity contribution >= 4 is 23.3 Å². The standard InChI is InChI=1S/C18H20N2O3S/c1-3-6-22-15-5-4-13-7-14(10-23-16(13)8-15)18(21)19-9-17-20-12(2)11-24-17/h4-5,7-8,11H,3,6,9-10H2,1-2H3,(H,19,21). The number of fused-ring (bicyclic) bond motifs is 1. The summed E-state index contributed by atoms with van der Waals surface area (Å²) in [7, 11) is 0. The second-order valence-electron chi connectivity index (χ2n) is 5.57. The zero-order valence-corrected chi connectivity index (χ0v) is 14.6. The van der Waals surface area contributed by atoms with Crippen LogP contribution in [0.2, 0.25) is 0 Å². The van der Waals surface area contributed by atoms with E-state index in [4.69, 9.17) is 9.47 Å². The van der Waals surface area contributed by atoms with E-state index >= 15 is 0 Å². The number of thiazole rings is 1. The minimum atomic E-state index is -0.125. The Hall–Kier alpha value is -2.34. The summed E-state index contributed by atoms with van der Waals surface area (Å²) in [4.78, 5) is 16.6. The Morgan fingerprint density at radius 3 is 3.08 bits per heavy atom. The lowest BCUT2D eigenvalue weighted by atomic mass is 10.1. The number of nitrogens with one attached hydrogen (secondary N) is 1. The average Bonchev–Trinajstić information content (AvgIpc) is 3.02. The summed E-state index contributed by atoms with van der Waals surface area (Å²) in [5.74, 6) is 1.41. The topological polar surface area (TPSA) is 60.5 Å². The molecule has 1 aromatic carbocycles. The molecule has 3 rings (SSSR count). The van der Waals surface area contributed by atoms with E-state index in [1.165, 1.54) is 0 Å². The lowest BCUT2D eigenvalue weighted by Gasteiger charge is -2.18. The molecule has 0 saturated heterocycles. The highest BCUT2D eigenvalue weighted by molar-refractivity contribution is 7.09. The predicted octanol–water partition coefficient (Wildman–Crippen LogP) is 3.33. The van der Waals surface area contributed by atoms with Crippen LogP contribution < -0.4 is 14.8 Å². The number of hydrogen-bond donors (Lipinski definition) is 1. The molecule has 2 aromatic rings. The molecule has 0 atom stereocenters. The molecule has 0 saturated carbocycles. The summed E-state index contributed by atoms with van der Waals surface area (Å²) >= 11 is 1.54. The van der Waals surface area contributed by atoms with Gasteiger partial charge < -0.3 is 14.8 Å². The fourth-order valence-electron chi connectivity index (χ4n) is 2.34. The molecule has 0 radical (unpaired) electrons. The molecule has 2 heterocycles. The molecule has 0 aliphatic carbocycles. The summed E-state index contributed by atoms with van der Waals surface area (Å²) in [6, 6.07) is 5.68. The van der Waals surface area contributed by atoms with E-state index < -0.39 is 0 Å². The fraction of sp³-hybridized carbons (Fsp3) is 0.333. The summed E-state index contributed by atoms with van der Waals surface area (Å²) in [5.41, 5.74) is 2.47. The summed E-state index contributed by atoms with van der Waals surface area (Å²) in [6.45, 7) is 5.38. The minimum absolute atomic E-state index is 0.125. The lowest BCUT2D eigenvalue weighted by Crippen LogP contribution is -2.28. The van der Waals surface area contributed by atoms with Crippen LogP contribution in [0.1, 0.15) is 29.6 Å². The summed E-state index contributed by atoms with van der Waals surface area (Å²) in [5, 5.41) is 5.76. The van der Waals surface area contributed by atoms with E-state index in [1.807, 2.05) is 36.6 Å². The maximum Gasteiger partial charge on any atom is 0.251 e. The maximum atomic E-state index is 12.3. The largest absolute Gasteiger partial charge is 0.493 e. The van der Waals surface area contributed by atoms with Crippen molar-refractivity contribution in [1.82, 2.24) is 10.3 Å². The van der Waals surface area contributed by atoms with Crippen molar-refractivity contribution in [3.05, 3.63) is 45.4 Å². The van der Waals surface area contributed by atoms with Crippen molar-refractivity contribution in [2.24, 2.45) is 0 Å². The van der Waals surface area contributed by atoms with E-state index in [0.29, 0.717) is 18.7 Å². The summed E-state index contributed by atoms with van der Waals surface area (Å²) < 4.78 is 11.3. The van der Waals surface area contributed by atoms with Crippen molar-refractivity contribution in [3.63, 3.8) is 0 Å². The third kappa shape index (κ3) is 3.94. The zero-order chi connectivity index (χ0) is 16.9. The van der Waals surface area contributed by atoms with Crippen LogP contribution in [0.5, 0.6) is 11.5 Å². The maximum absolute atomic E-state index is 12.3. The molecule has 6 heteroatoms. The van der Waals surface area contributed by atoms with Gasteiger partial charge in [0.05, 0.1) is 18.7 Å². The van der Waals surface area contributed by atoms with Crippen LogP contribution >= 0.6 is 11.3 Å². The molecule has 126 valence electrons. The van der Waals surface area contributed by atoms with Crippen molar-refractivity contribution in [2.75, 3.05) is 13.2 Å². The molecule has 1 aromatic heterocycles. The molecule has 24 heavy (non-hydrogen) atoms.